The van der Waals surface area contributed by atoms with Crippen LogP contribution in [0.3, 0.4) is 0 Å². The van der Waals surface area contributed by atoms with Crippen molar-refractivity contribution in [2.24, 2.45) is 28.1 Å². The minimum atomic E-state index is 0. The minimum absolute atomic E-state index is 0. The topological polar surface area (TPSA) is 50.2 Å². The van der Waals surface area contributed by atoms with Crippen molar-refractivity contribution in [3.8, 4) is 11.3 Å². The van der Waals surface area contributed by atoms with Crippen molar-refractivity contribution in [1.29, 1.82) is 0 Å². The van der Waals surface area contributed by atoms with Crippen LogP contribution in [-0.4, -0.2) is 15.9 Å². The normalized spacial score (nSPS) is 16.9. The average Bonchev–Trinajstić information content (AvgIpc) is 3.53. The van der Waals surface area contributed by atoms with Gasteiger partial charge in [0.2, 0.25) is 0 Å². The van der Waals surface area contributed by atoms with Crippen molar-refractivity contribution in [1.82, 2.24) is 4.98 Å². The van der Waals surface area contributed by atoms with Gasteiger partial charge in [-0.25, -0.2) is 0 Å². The van der Waals surface area contributed by atoms with Gasteiger partial charge in [0, 0.05) is 64.7 Å². The summed E-state index contributed by atoms with van der Waals surface area (Å²) in [4.78, 5) is 16.8. The molecule has 1 N–H and O–H groups in total. The fourth-order valence-electron chi connectivity index (χ4n) is 11.1. The average molecular weight is 965 g/mol. The first-order chi connectivity index (χ1) is 26.4. The standard InChI is InChI=1S/C39H46NS.C13H24O2.Ir/c1-10-39(9,11-2)31-22-26(21-25-15-12-13-16-27(25)31)32-34-29(19-20-40-32)28-17-14-18-30(33(28)41-34)35-37(5,6)23-36(3,4)24-38(35,7)8;1-5-10(6-2)12(14)9-13(15)11(7-3)8-4;/h12-20,22,35H,10-11,23-24H2,1-9H3;9-11,14H,5-8H2,1-4H3;/q-1;;/b;12-9-;. The van der Waals surface area contributed by atoms with Gasteiger partial charge >= 0.3 is 0 Å². The van der Waals surface area contributed by atoms with E-state index < -0.39 is 0 Å². The number of hydrogen-bond acceptors (Lipinski definition) is 4. The minimum Gasteiger partial charge on any atom is -0.512 e. The smallest absolute Gasteiger partial charge is 0.162 e. The quantitative estimate of drug-likeness (QED) is 0.0770. The van der Waals surface area contributed by atoms with E-state index in [0.717, 1.165) is 49.8 Å². The predicted molar refractivity (Wildman–Crippen MR) is 244 cm³/mol. The summed E-state index contributed by atoms with van der Waals surface area (Å²) >= 11 is 1.95. The van der Waals surface area contributed by atoms with Crippen LogP contribution in [0.5, 0.6) is 0 Å². The number of pyridine rings is 1. The molecule has 0 unspecified atom stereocenters. The number of rotatable bonds is 12. The van der Waals surface area contributed by atoms with E-state index >= 15 is 0 Å². The van der Waals surface area contributed by atoms with Crippen molar-refractivity contribution < 1.29 is 30.0 Å². The van der Waals surface area contributed by atoms with Crippen LogP contribution in [0.2, 0.25) is 0 Å². The fourth-order valence-corrected chi connectivity index (χ4v) is 12.4. The zero-order valence-electron chi connectivity index (χ0n) is 37.3. The molecule has 311 valence electrons. The van der Waals surface area contributed by atoms with Crippen LogP contribution < -0.4 is 0 Å². The molecule has 1 aliphatic carbocycles. The molecule has 0 spiro atoms. The second-order valence-electron chi connectivity index (χ2n) is 19.2. The number of benzene rings is 3. The number of ketones is 1. The molecule has 1 fully saturated rings. The van der Waals surface area contributed by atoms with E-state index in [2.05, 4.69) is 123 Å². The van der Waals surface area contributed by atoms with E-state index in [1.165, 1.54) is 61.0 Å². The molecule has 0 aliphatic heterocycles. The molecule has 1 saturated carbocycles. The molecule has 0 atom stereocenters. The van der Waals surface area contributed by atoms with Gasteiger partial charge in [-0.3, -0.25) is 9.78 Å². The molecule has 5 heteroatoms. The maximum atomic E-state index is 11.7. The molecule has 1 aliphatic rings. The Bertz CT molecular complexity index is 2160. The van der Waals surface area contributed by atoms with Crippen LogP contribution in [0.25, 0.3) is 42.2 Å². The van der Waals surface area contributed by atoms with Gasteiger partial charge in [-0.2, -0.15) is 0 Å². The van der Waals surface area contributed by atoms with Crippen molar-refractivity contribution in [3.63, 3.8) is 0 Å². The Morgan fingerprint density at radius 2 is 1.39 bits per heavy atom. The van der Waals surface area contributed by atoms with Gasteiger partial charge in [-0.05, 0) is 96.0 Å². The molecule has 3 aromatic carbocycles. The third-order valence-corrected chi connectivity index (χ3v) is 14.8. The number of carbonyl (C=O) groups excluding carboxylic acids is 1. The molecule has 1 radical (unpaired) electrons. The fraction of sp³-hybridized carbons (Fsp3) is 0.538. The van der Waals surface area contributed by atoms with E-state index in [-0.39, 0.29) is 59.7 Å². The van der Waals surface area contributed by atoms with Crippen molar-refractivity contribution >= 4 is 48.1 Å². The molecule has 3 nitrogen and oxygen atoms in total. The van der Waals surface area contributed by atoms with Gasteiger partial charge in [0.05, 0.1) is 5.76 Å². The molecule has 5 aromatic rings. The summed E-state index contributed by atoms with van der Waals surface area (Å²) in [6.07, 6.45) is 11.6. The number of carbonyl (C=O) groups is 1. The number of fused-ring (bicyclic) bond motifs is 4. The maximum absolute atomic E-state index is 11.7. The number of aromatic nitrogens is 1. The second-order valence-corrected chi connectivity index (χ2v) is 20.2. The van der Waals surface area contributed by atoms with Gasteiger partial charge in [0.15, 0.2) is 5.78 Å². The first kappa shape index (κ1) is 46.8. The van der Waals surface area contributed by atoms with Crippen LogP contribution in [-0.2, 0) is 30.3 Å². The van der Waals surface area contributed by atoms with Crippen LogP contribution in [0.1, 0.15) is 158 Å². The number of aliphatic hydroxyl groups is 1. The van der Waals surface area contributed by atoms with E-state index in [9.17, 15) is 9.90 Å². The van der Waals surface area contributed by atoms with Crippen LogP contribution >= 0.6 is 11.3 Å². The summed E-state index contributed by atoms with van der Waals surface area (Å²) in [5, 5.41) is 15.0. The van der Waals surface area contributed by atoms with E-state index in [1.54, 1.807) is 0 Å². The third kappa shape index (κ3) is 9.63. The Labute approximate surface area is 362 Å². The summed E-state index contributed by atoms with van der Waals surface area (Å²) in [5.74, 6) is 1.04. The largest absolute Gasteiger partial charge is 0.512 e. The van der Waals surface area contributed by atoms with Crippen molar-refractivity contribution in [3.05, 3.63) is 89.8 Å². The molecule has 0 amide bonds. The van der Waals surface area contributed by atoms with Gasteiger partial charge < -0.3 is 5.11 Å². The molecule has 2 heterocycles. The van der Waals surface area contributed by atoms with Crippen LogP contribution in [0.15, 0.2) is 72.6 Å². The zero-order valence-corrected chi connectivity index (χ0v) is 40.5. The molecule has 2 aromatic heterocycles. The van der Waals surface area contributed by atoms with E-state index in [0.29, 0.717) is 11.3 Å². The van der Waals surface area contributed by atoms with Crippen LogP contribution in [0.4, 0.5) is 0 Å². The molecule has 6 rings (SSSR count). The van der Waals surface area contributed by atoms with Gasteiger partial charge in [0.1, 0.15) is 0 Å². The van der Waals surface area contributed by atoms with Gasteiger partial charge in [-0.1, -0.05) is 137 Å². The van der Waals surface area contributed by atoms with Gasteiger partial charge in [0.25, 0.3) is 0 Å². The number of nitrogens with zero attached hydrogens (tertiary/aromatic N) is 1. The molecular weight excluding hydrogens is 895 g/mol. The van der Waals surface area contributed by atoms with E-state index in [4.69, 9.17) is 4.98 Å². The molecule has 0 saturated heterocycles. The number of hydrogen-bond donors (Lipinski definition) is 1. The maximum Gasteiger partial charge on any atom is 0.162 e. The Morgan fingerprint density at radius 3 is 1.96 bits per heavy atom. The first-order valence-electron chi connectivity index (χ1n) is 21.6. The van der Waals surface area contributed by atoms with Crippen LogP contribution in [0, 0.1) is 34.1 Å². The summed E-state index contributed by atoms with van der Waals surface area (Å²) in [5.41, 5.74) is 6.00. The zero-order chi connectivity index (χ0) is 41.2. The molecular formula is C52H70IrNO2S-. The Hall–Kier alpha value is -2.85. The van der Waals surface area contributed by atoms with Crippen molar-refractivity contribution in [2.45, 2.75) is 153 Å². The monoisotopic (exact) mass is 965 g/mol. The molecule has 0 bridgehead atoms. The molecule has 57 heavy (non-hydrogen) atoms. The summed E-state index contributed by atoms with van der Waals surface area (Å²) in [7, 11) is 0. The second kappa shape index (κ2) is 18.6. The summed E-state index contributed by atoms with van der Waals surface area (Å²) in [6.45, 7) is 30.0. The summed E-state index contributed by atoms with van der Waals surface area (Å²) in [6, 6.07) is 24.2. The summed E-state index contributed by atoms with van der Waals surface area (Å²) < 4.78 is 2.73. The first-order valence-corrected chi connectivity index (χ1v) is 22.4. The predicted octanol–water partition coefficient (Wildman–Crippen LogP) is 16.0. The Morgan fingerprint density at radius 1 is 0.825 bits per heavy atom. The number of aliphatic hydroxyl groups excluding tert-OH is 1. The Kier molecular flexibility index (Phi) is 15.3. The SMILES string of the molecule is CCC(C)(CC)c1cc(-c2nccc3c2sc2c(C4C(C)(C)CC(C)(C)CC4(C)C)cccc23)[c-]c2ccccc12.CCC(CC)C(=O)/C=C(\O)C(CC)CC.[Ir]. The number of thiophene rings is 1. The number of allylic oxidation sites excluding steroid dienone is 2. The third-order valence-electron chi connectivity index (χ3n) is 13.5. The van der Waals surface area contributed by atoms with Crippen molar-refractivity contribution in [2.75, 3.05) is 0 Å². The Balaban J connectivity index is 0.000000385. The van der Waals surface area contributed by atoms with Gasteiger partial charge in [-0.15, -0.1) is 40.5 Å². The van der Waals surface area contributed by atoms with E-state index in [1.807, 2.05) is 45.2 Å².